The van der Waals surface area contributed by atoms with Crippen LogP contribution in [0.15, 0.2) is 0 Å². The fraction of sp³-hybridized carbons (Fsp3) is 0.750. The van der Waals surface area contributed by atoms with Crippen molar-refractivity contribution in [2.45, 2.75) is 38.6 Å². The van der Waals surface area contributed by atoms with Crippen LogP contribution in [-0.4, -0.2) is 34.1 Å². The van der Waals surface area contributed by atoms with Crippen LogP contribution in [0.25, 0.3) is 0 Å². The zero-order valence-electron chi connectivity index (χ0n) is 10.7. The van der Waals surface area contributed by atoms with E-state index in [-0.39, 0.29) is 12.6 Å². The van der Waals surface area contributed by atoms with Crippen LogP contribution in [0.4, 0.5) is 11.5 Å². The monoisotopic (exact) mass is 238 g/mol. The summed E-state index contributed by atoms with van der Waals surface area (Å²) in [6.07, 6.45) is 4.21. The number of nitrogen functional groups attached to an aromatic ring is 1. The van der Waals surface area contributed by atoms with E-state index in [1.54, 1.807) is 0 Å². The zero-order valence-corrected chi connectivity index (χ0v) is 10.7. The molecule has 3 N–H and O–H groups in total. The molecule has 5 heteroatoms. The van der Waals surface area contributed by atoms with E-state index in [4.69, 9.17) is 5.73 Å². The standard InChI is InChI=1S/C12H22N4O/c1-3-10-11(13)12(15(2)14-10)16-7-5-4-6-9(16)8-17/h9,17H,3-8,13H2,1-2H3. The van der Waals surface area contributed by atoms with E-state index in [1.807, 2.05) is 11.7 Å². The second-order valence-electron chi connectivity index (χ2n) is 4.69. The number of nitrogens with zero attached hydrogens (tertiary/aromatic N) is 3. The number of hydrogen-bond acceptors (Lipinski definition) is 4. The third-order valence-corrected chi connectivity index (χ3v) is 3.57. The maximum absolute atomic E-state index is 9.46. The predicted octanol–water partition coefficient (Wildman–Crippen LogP) is 0.916. The van der Waals surface area contributed by atoms with Crippen molar-refractivity contribution in [1.29, 1.82) is 0 Å². The summed E-state index contributed by atoms with van der Waals surface area (Å²) in [5.41, 5.74) is 7.88. The molecule has 0 saturated carbocycles. The molecule has 96 valence electrons. The van der Waals surface area contributed by atoms with Crippen LogP contribution >= 0.6 is 0 Å². The predicted molar refractivity (Wildman–Crippen MR) is 69.1 cm³/mol. The maximum atomic E-state index is 9.46. The summed E-state index contributed by atoms with van der Waals surface area (Å²) in [6, 6.07) is 0.186. The third kappa shape index (κ3) is 2.11. The van der Waals surface area contributed by atoms with E-state index in [0.717, 1.165) is 43.0 Å². The average molecular weight is 238 g/mol. The highest BCUT2D eigenvalue weighted by molar-refractivity contribution is 5.67. The van der Waals surface area contributed by atoms with E-state index in [2.05, 4.69) is 16.9 Å². The molecule has 1 aromatic heterocycles. The number of aliphatic hydroxyl groups is 1. The fourth-order valence-corrected chi connectivity index (χ4v) is 2.66. The summed E-state index contributed by atoms with van der Waals surface area (Å²) in [7, 11) is 1.92. The van der Waals surface area contributed by atoms with Crippen molar-refractivity contribution >= 4 is 11.5 Å². The molecule has 0 aliphatic carbocycles. The van der Waals surface area contributed by atoms with Gasteiger partial charge in [-0.3, -0.25) is 4.68 Å². The van der Waals surface area contributed by atoms with Gasteiger partial charge < -0.3 is 15.7 Å². The Morgan fingerprint density at radius 2 is 2.24 bits per heavy atom. The highest BCUT2D eigenvalue weighted by atomic mass is 16.3. The van der Waals surface area contributed by atoms with Crippen LogP contribution in [-0.2, 0) is 13.5 Å². The van der Waals surface area contributed by atoms with Gasteiger partial charge in [0.2, 0.25) is 0 Å². The second-order valence-corrected chi connectivity index (χ2v) is 4.69. The lowest BCUT2D eigenvalue weighted by molar-refractivity contribution is 0.239. The van der Waals surface area contributed by atoms with Crippen LogP contribution in [0.3, 0.4) is 0 Å². The van der Waals surface area contributed by atoms with Crippen molar-refractivity contribution < 1.29 is 5.11 Å². The van der Waals surface area contributed by atoms with Gasteiger partial charge in [-0.15, -0.1) is 0 Å². The van der Waals surface area contributed by atoms with Crippen molar-refractivity contribution in [2.75, 3.05) is 23.8 Å². The van der Waals surface area contributed by atoms with Gasteiger partial charge in [0.1, 0.15) is 0 Å². The Hall–Kier alpha value is -1.23. The van der Waals surface area contributed by atoms with E-state index >= 15 is 0 Å². The number of rotatable bonds is 3. The topological polar surface area (TPSA) is 67.3 Å². The molecule has 1 aliphatic rings. The Balaban J connectivity index is 2.34. The first kappa shape index (κ1) is 12.2. The summed E-state index contributed by atoms with van der Waals surface area (Å²) < 4.78 is 1.85. The van der Waals surface area contributed by atoms with Gasteiger partial charge in [0.05, 0.1) is 24.0 Å². The number of hydrogen-bond donors (Lipinski definition) is 2. The van der Waals surface area contributed by atoms with Crippen molar-refractivity contribution in [3.8, 4) is 0 Å². The largest absolute Gasteiger partial charge is 0.394 e. The average Bonchev–Trinajstić information content (AvgIpc) is 2.64. The quantitative estimate of drug-likeness (QED) is 0.821. The number of aryl methyl sites for hydroxylation is 2. The Morgan fingerprint density at radius 3 is 2.82 bits per heavy atom. The smallest absolute Gasteiger partial charge is 0.150 e. The van der Waals surface area contributed by atoms with Crippen LogP contribution in [0.2, 0.25) is 0 Å². The molecule has 0 spiro atoms. The summed E-state index contributed by atoms with van der Waals surface area (Å²) in [6.45, 7) is 3.20. The van der Waals surface area contributed by atoms with Crippen LogP contribution in [0.1, 0.15) is 31.9 Å². The molecule has 0 bridgehead atoms. The van der Waals surface area contributed by atoms with Crippen LogP contribution in [0, 0.1) is 0 Å². The Bertz CT molecular complexity index is 388. The zero-order chi connectivity index (χ0) is 12.4. The van der Waals surface area contributed by atoms with Crippen molar-refractivity contribution in [2.24, 2.45) is 7.05 Å². The summed E-state index contributed by atoms with van der Waals surface area (Å²) in [5.74, 6) is 0.973. The van der Waals surface area contributed by atoms with E-state index in [1.165, 1.54) is 6.42 Å². The molecule has 17 heavy (non-hydrogen) atoms. The number of piperidine rings is 1. The molecule has 1 saturated heterocycles. The molecule has 1 aliphatic heterocycles. The fourth-order valence-electron chi connectivity index (χ4n) is 2.66. The van der Waals surface area contributed by atoms with Gasteiger partial charge in [0.25, 0.3) is 0 Å². The van der Waals surface area contributed by atoms with Gasteiger partial charge in [-0.25, -0.2) is 0 Å². The first-order chi connectivity index (χ1) is 8.19. The minimum absolute atomic E-state index is 0.186. The van der Waals surface area contributed by atoms with Gasteiger partial charge in [-0.05, 0) is 25.7 Å². The first-order valence-corrected chi connectivity index (χ1v) is 6.37. The molecule has 0 aromatic carbocycles. The number of aromatic nitrogens is 2. The molecule has 2 rings (SSSR count). The van der Waals surface area contributed by atoms with Crippen molar-refractivity contribution in [3.05, 3.63) is 5.69 Å². The summed E-state index contributed by atoms with van der Waals surface area (Å²) >= 11 is 0. The Labute approximate surface area is 102 Å². The Kier molecular flexibility index (Phi) is 3.57. The summed E-state index contributed by atoms with van der Waals surface area (Å²) in [5, 5.41) is 13.9. The number of anilines is 2. The highest BCUT2D eigenvalue weighted by Gasteiger charge is 2.27. The highest BCUT2D eigenvalue weighted by Crippen LogP contribution is 2.31. The molecule has 5 nitrogen and oxygen atoms in total. The number of aliphatic hydroxyl groups excluding tert-OH is 1. The lowest BCUT2D eigenvalue weighted by Gasteiger charge is -2.36. The molecular formula is C12H22N4O. The second kappa shape index (κ2) is 4.96. The van der Waals surface area contributed by atoms with Crippen molar-refractivity contribution in [1.82, 2.24) is 9.78 Å². The SMILES string of the molecule is CCc1nn(C)c(N2CCCCC2CO)c1N. The lowest BCUT2D eigenvalue weighted by Crippen LogP contribution is -2.43. The maximum Gasteiger partial charge on any atom is 0.150 e. The molecule has 1 fully saturated rings. The van der Waals surface area contributed by atoms with Gasteiger partial charge in [-0.1, -0.05) is 6.92 Å². The minimum Gasteiger partial charge on any atom is -0.394 e. The Morgan fingerprint density at radius 1 is 1.47 bits per heavy atom. The van der Waals surface area contributed by atoms with Crippen LogP contribution < -0.4 is 10.6 Å². The van der Waals surface area contributed by atoms with E-state index in [0.29, 0.717) is 0 Å². The summed E-state index contributed by atoms with van der Waals surface area (Å²) in [4.78, 5) is 2.21. The van der Waals surface area contributed by atoms with Gasteiger partial charge >= 0.3 is 0 Å². The molecule has 0 amide bonds. The van der Waals surface area contributed by atoms with Gasteiger partial charge in [0.15, 0.2) is 5.82 Å². The van der Waals surface area contributed by atoms with Crippen LogP contribution in [0.5, 0.6) is 0 Å². The lowest BCUT2D eigenvalue weighted by atomic mass is 10.0. The first-order valence-electron chi connectivity index (χ1n) is 6.37. The van der Waals surface area contributed by atoms with Gasteiger partial charge in [0, 0.05) is 13.6 Å². The molecule has 1 aromatic rings. The molecule has 1 atom stereocenters. The van der Waals surface area contributed by atoms with Crippen molar-refractivity contribution in [3.63, 3.8) is 0 Å². The molecule has 2 heterocycles. The molecule has 1 unspecified atom stereocenters. The third-order valence-electron chi connectivity index (χ3n) is 3.57. The normalized spacial score (nSPS) is 20.9. The number of nitrogens with two attached hydrogens (primary N) is 1. The molecular weight excluding hydrogens is 216 g/mol. The van der Waals surface area contributed by atoms with Gasteiger partial charge in [-0.2, -0.15) is 5.10 Å². The minimum atomic E-state index is 0.186. The van der Waals surface area contributed by atoms with E-state index in [9.17, 15) is 5.11 Å². The van der Waals surface area contributed by atoms with E-state index < -0.39 is 0 Å². The molecule has 0 radical (unpaired) electrons.